The van der Waals surface area contributed by atoms with Crippen molar-refractivity contribution in [2.75, 3.05) is 20.8 Å². The quantitative estimate of drug-likeness (QED) is 0.608. The van der Waals surface area contributed by atoms with E-state index >= 15 is 0 Å². The number of hydrogen-bond donors (Lipinski definition) is 0. The maximum atomic E-state index is 5.61. The zero-order valence-electron chi connectivity index (χ0n) is 12.7. The van der Waals surface area contributed by atoms with Gasteiger partial charge in [0.25, 0.3) is 0 Å². The summed E-state index contributed by atoms with van der Waals surface area (Å²) in [4.78, 5) is 0. The van der Waals surface area contributed by atoms with Gasteiger partial charge in [-0.1, -0.05) is 39.5 Å². The Hall–Kier alpha value is 0.314. The van der Waals surface area contributed by atoms with Crippen LogP contribution in [0.2, 0.25) is 12.1 Å². The highest BCUT2D eigenvalue weighted by molar-refractivity contribution is 6.67. The van der Waals surface area contributed by atoms with E-state index < -0.39 is 8.56 Å². The fraction of sp³-hybridized carbons (Fsp3) is 1.00. The molecule has 0 amide bonds. The van der Waals surface area contributed by atoms with Crippen molar-refractivity contribution in [3.63, 3.8) is 0 Å². The summed E-state index contributed by atoms with van der Waals surface area (Å²) in [7, 11) is 2.72. The molecule has 0 radical (unpaired) electrons. The van der Waals surface area contributed by atoms with E-state index in [9.17, 15) is 0 Å². The van der Waals surface area contributed by atoms with Gasteiger partial charge in [-0.25, -0.2) is 0 Å². The molecular formula is C12H32O3Si2. The Bertz CT molecular complexity index is 130. The third kappa shape index (κ3) is 11.2. The Balaban J connectivity index is 0. The van der Waals surface area contributed by atoms with Crippen LogP contribution in [0.25, 0.3) is 0 Å². The van der Waals surface area contributed by atoms with Crippen molar-refractivity contribution in [2.24, 2.45) is 0 Å². The van der Waals surface area contributed by atoms with Crippen LogP contribution < -0.4 is 0 Å². The minimum absolute atomic E-state index is 0.881. The van der Waals surface area contributed by atoms with E-state index in [-0.39, 0.29) is 0 Å². The molecule has 0 atom stereocenters. The molecule has 106 valence electrons. The van der Waals surface area contributed by atoms with Gasteiger partial charge in [0, 0.05) is 20.8 Å². The summed E-state index contributed by atoms with van der Waals surface area (Å²) >= 11 is 0. The zero-order valence-corrected chi connectivity index (χ0v) is 15.7. The minimum Gasteiger partial charge on any atom is -0.428 e. The molecule has 0 fully saturated rings. The Morgan fingerprint density at radius 1 is 0.882 bits per heavy atom. The molecule has 0 saturated heterocycles. The lowest BCUT2D eigenvalue weighted by Gasteiger charge is -2.27. The van der Waals surface area contributed by atoms with Gasteiger partial charge in [0.2, 0.25) is 0 Å². The SMILES string of the molecule is CCCC[Si](CCCC)(OC)OC.CCO[SiH3]. The molecule has 0 N–H and O–H groups in total. The van der Waals surface area contributed by atoms with Gasteiger partial charge in [-0.3, -0.25) is 0 Å². The molecule has 0 aromatic rings. The molecule has 5 heteroatoms. The van der Waals surface area contributed by atoms with Crippen LogP contribution in [0, 0.1) is 0 Å². The zero-order chi connectivity index (χ0) is 13.6. The van der Waals surface area contributed by atoms with Crippen molar-refractivity contribution in [2.45, 2.75) is 58.5 Å². The van der Waals surface area contributed by atoms with Crippen LogP contribution in [-0.4, -0.2) is 39.9 Å². The van der Waals surface area contributed by atoms with Crippen molar-refractivity contribution in [1.29, 1.82) is 0 Å². The summed E-state index contributed by atoms with van der Waals surface area (Å²) in [6.45, 7) is 7.30. The second-order valence-electron chi connectivity index (χ2n) is 4.10. The second-order valence-corrected chi connectivity index (χ2v) is 8.32. The number of unbranched alkanes of at least 4 members (excludes halogenated alkanes) is 2. The minimum atomic E-state index is -1.79. The molecule has 0 rings (SSSR count). The number of hydrogen-bond acceptors (Lipinski definition) is 3. The van der Waals surface area contributed by atoms with Crippen LogP contribution in [0.15, 0.2) is 0 Å². The highest BCUT2D eigenvalue weighted by atomic mass is 28.4. The first-order valence-corrected chi connectivity index (χ1v) is 9.80. The maximum absolute atomic E-state index is 5.61. The molecule has 0 unspecified atom stereocenters. The van der Waals surface area contributed by atoms with E-state index in [0.29, 0.717) is 0 Å². The van der Waals surface area contributed by atoms with Crippen LogP contribution >= 0.6 is 0 Å². The fourth-order valence-corrected chi connectivity index (χ4v) is 4.53. The molecule has 0 aromatic heterocycles. The van der Waals surface area contributed by atoms with Gasteiger partial charge in [-0.2, -0.15) is 0 Å². The van der Waals surface area contributed by atoms with Crippen molar-refractivity contribution in [1.82, 2.24) is 0 Å². The highest BCUT2D eigenvalue weighted by Gasteiger charge is 2.33. The average molecular weight is 281 g/mol. The van der Waals surface area contributed by atoms with Gasteiger partial charge in [-0.15, -0.1) is 0 Å². The summed E-state index contributed by atoms with van der Waals surface area (Å²) < 4.78 is 15.9. The van der Waals surface area contributed by atoms with Crippen molar-refractivity contribution < 1.29 is 13.3 Å². The Kier molecular flexibility index (Phi) is 16.6. The predicted octanol–water partition coefficient (Wildman–Crippen LogP) is 2.62. The predicted molar refractivity (Wildman–Crippen MR) is 80.8 cm³/mol. The summed E-state index contributed by atoms with van der Waals surface area (Å²) in [6, 6.07) is 2.30. The molecule has 0 aliphatic heterocycles. The van der Waals surface area contributed by atoms with Crippen LogP contribution in [0.3, 0.4) is 0 Å². The summed E-state index contributed by atoms with van der Waals surface area (Å²) in [5, 5.41) is 0. The highest BCUT2D eigenvalue weighted by Crippen LogP contribution is 2.22. The molecule has 0 heterocycles. The largest absolute Gasteiger partial charge is 0.428 e. The molecular weight excluding hydrogens is 248 g/mol. The smallest absolute Gasteiger partial charge is 0.337 e. The lowest BCUT2D eigenvalue weighted by molar-refractivity contribution is 0.239. The van der Waals surface area contributed by atoms with Gasteiger partial charge in [0.15, 0.2) is 0 Å². The molecule has 0 aliphatic carbocycles. The summed E-state index contributed by atoms with van der Waals surface area (Å²) in [6.07, 6.45) is 4.93. The van der Waals surface area contributed by atoms with Gasteiger partial charge < -0.3 is 13.3 Å². The third-order valence-corrected chi connectivity index (χ3v) is 7.15. The Morgan fingerprint density at radius 3 is 1.41 bits per heavy atom. The standard InChI is InChI=1S/C10H24O2Si.C2H8OSi/c1-5-7-9-13(11-3,12-4)10-8-6-2;1-2-3-4/h5-10H2,1-4H3;2H2,1,4H3. The van der Waals surface area contributed by atoms with Crippen molar-refractivity contribution in [3.8, 4) is 0 Å². The topological polar surface area (TPSA) is 27.7 Å². The van der Waals surface area contributed by atoms with Gasteiger partial charge in [0.05, 0.1) is 0 Å². The fourth-order valence-electron chi connectivity index (χ4n) is 1.51. The first kappa shape index (κ1) is 19.6. The second kappa shape index (κ2) is 14.4. The van der Waals surface area contributed by atoms with Crippen molar-refractivity contribution in [3.05, 3.63) is 0 Å². The first-order chi connectivity index (χ1) is 8.16. The maximum Gasteiger partial charge on any atom is 0.337 e. The average Bonchev–Trinajstić information content (AvgIpc) is 2.40. The van der Waals surface area contributed by atoms with E-state index in [2.05, 4.69) is 18.3 Å². The van der Waals surface area contributed by atoms with E-state index in [0.717, 1.165) is 29.2 Å². The first-order valence-electron chi connectivity index (χ1n) is 6.75. The molecule has 0 aliphatic rings. The van der Waals surface area contributed by atoms with Crippen LogP contribution in [0.1, 0.15) is 46.5 Å². The molecule has 0 aromatic carbocycles. The van der Waals surface area contributed by atoms with Gasteiger partial charge >= 0.3 is 8.56 Å². The molecule has 0 bridgehead atoms. The van der Waals surface area contributed by atoms with Crippen LogP contribution in [0.4, 0.5) is 0 Å². The lowest BCUT2D eigenvalue weighted by atomic mass is 10.4. The van der Waals surface area contributed by atoms with Gasteiger partial charge in [-0.05, 0) is 19.0 Å². The monoisotopic (exact) mass is 280 g/mol. The molecule has 17 heavy (non-hydrogen) atoms. The lowest BCUT2D eigenvalue weighted by Crippen LogP contribution is -2.39. The van der Waals surface area contributed by atoms with Crippen molar-refractivity contribution >= 4 is 19.0 Å². The van der Waals surface area contributed by atoms with E-state index in [1.54, 1.807) is 14.2 Å². The molecule has 0 spiro atoms. The third-order valence-electron chi connectivity index (χ3n) is 2.86. The van der Waals surface area contributed by atoms with Gasteiger partial charge in [0.1, 0.15) is 10.5 Å². The Labute approximate surface area is 112 Å². The van der Waals surface area contributed by atoms with E-state index in [1.807, 2.05) is 6.92 Å². The molecule has 0 saturated carbocycles. The Morgan fingerprint density at radius 2 is 1.24 bits per heavy atom. The van der Waals surface area contributed by atoms with E-state index in [4.69, 9.17) is 8.85 Å². The summed E-state index contributed by atoms with van der Waals surface area (Å²) in [5.41, 5.74) is 0. The summed E-state index contributed by atoms with van der Waals surface area (Å²) in [5.74, 6) is 0. The normalized spacial score (nSPS) is 11.1. The number of rotatable bonds is 9. The van der Waals surface area contributed by atoms with Crippen LogP contribution in [0.5, 0.6) is 0 Å². The van der Waals surface area contributed by atoms with E-state index in [1.165, 1.54) is 25.7 Å². The van der Waals surface area contributed by atoms with Crippen LogP contribution in [-0.2, 0) is 13.3 Å². The molecule has 3 nitrogen and oxygen atoms in total.